The van der Waals surface area contributed by atoms with Gasteiger partial charge in [-0.15, -0.1) is 0 Å². The molecule has 2 rings (SSSR count). The molecule has 0 saturated heterocycles. The molecule has 1 unspecified atom stereocenters. The van der Waals surface area contributed by atoms with E-state index in [1.807, 2.05) is 0 Å². The molecule has 0 saturated carbocycles. The van der Waals surface area contributed by atoms with E-state index in [1.54, 1.807) is 0 Å². The van der Waals surface area contributed by atoms with Gasteiger partial charge in [-0.3, -0.25) is 4.98 Å². The maximum Gasteiger partial charge on any atom is 0.417 e. The van der Waals surface area contributed by atoms with Crippen LogP contribution in [0, 0.1) is 11.6 Å². The highest BCUT2D eigenvalue weighted by atomic mass is 19.4. The molecular weight excluding hydrogens is 293 g/mol. The Morgan fingerprint density at radius 3 is 2.38 bits per heavy atom. The van der Waals surface area contributed by atoms with Crippen LogP contribution in [0.25, 0.3) is 0 Å². The maximum atomic E-state index is 13.4. The molecule has 0 aliphatic rings. The van der Waals surface area contributed by atoms with Crippen molar-refractivity contribution in [1.82, 2.24) is 4.98 Å². The van der Waals surface area contributed by atoms with Crippen molar-refractivity contribution < 1.29 is 27.1 Å². The summed E-state index contributed by atoms with van der Waals surface area (Å²) in [5.74, 6) is -1.37. The number of nitrogens with zero attached hydrogens (tertiary/aromatic N) is 1. The van der Waals surface area contributed by atoms with E-state index in [9.17, 15) is 27.1 Å². The van der Waals surface area contributed by atoms with Crippen molar-refractivity contribution in [2.75, 3.05) is 0 Å². The lowest BCUT2D eigenvalue weighted by Gasteiger charge is -2.12. The minimum atomic E-state index is -4.52. The van der Waals surface area contributed by atoms with Crippen LogP contribution in [-0.4, -0.2) is 10.1 Å². The SMILES string of the molecule is OC(Cc1cc(F)ccc1F)c1ccc(C(F)(F)F)cn1. The Morgan fingerprint density at radius 1 is 1.10 bits per heavy atom. The van der Waals surface area contributed by atoms with Crippen molar-refractivity contribution in [2.45, 2.75) is 18.7 Å². The molecule has 1 atom stereocenters. The lowest BCUT2D eigenvalue weighted by Crippen LogP contribution is -2.09. The number of hydrogen-bond donors (Lipinski definition) is 1. The topological polar surface area (TPSA) is 33.1 Å². The molecule has 0 radical (unpaired) electrons. The first-order valence-corrected chi connectivity index (χ1v) is 5.92. The summed E-state index contributed by atoms with van der Waals surface area (Å²) in [6.07, 6.45) is -5.56. The number of aliphatic hydroxyl groups is 1. The van der Waals surface area contributed by atoms with Crippen LogP contribution in [0.3, 0.4) is 0 Å². The highest BCUT2D eigenvalue weighted by molar-refractivity contribution is 5.23. The number of benzene rings is 1. The van der Waals surface area contributed by atoms with Gasteiger partial charge in [0, 0.05) is 12.6 Å². The first kappa shape index (κ1) is 15.4. The van der Waals surface area contributed by atoms with Crippen LogP contribution in [0.15, 0.2) is 36.5 Å². The van der Waals surface area contributed by atoms with Gasteiger partial charge < -0.3 is 5.11 Å². The molecule has 112 valence electrons. The van der Waals surface area contributed by atoms with Crippen molar-refractivity contribution in [3.8, 4) is 0 Å². The molecule has 0 amide bonds. The van der Waals surface area contributed by atoms with E-state index in [0.29, 0.717) is 6.20 Å². The largest absolute Gasteiger partial charge is 0.417 e. The summed E-state index contributed by atoms with van der Waals surface area (Å²) in [7, 11) is 0. The maximum absolute atomic E-state index is 13.4. The third kappa shape index (κ3) is 3.75. The fourth-order valence-electron chi connectivity index (χ4n) is 1.78. The number of aliphatic hydroxyl groups excluding tert-OH is 1. The molecule has 2 aromatic rings. The molecule has 1 N–H and O–H groups in total. The average Bonchev–Trinajstić information content (AvgIpc) is 2.42. The van der Waals surface area contributed by atoms with E-state index in [0.717, 1.165) is 30.3 Å². The molecule has 21 heavy (non-hydrogen) atoms. The molecule has 1 aromatic heterocycles. The van der Waals surface area contributed by atoms with Gasteiger partial charge >= 0.3 is 6.18 Å². The van der Waals surface area contributed by atoms with Crippen LogP contribution in [-0.2, 0) is 12.6 Å². The predicted octanol–water partition coefficient (Wildman–Crippen LogP) is 3.65. The van der Waals surface area contributed by atoms with Crippen molar-refractivity contribution in [2.24, 2.45) is 0 Å². The molecule has 0 bridgehead atoms. The first-order chi connectivity index (χ1) is 9.77. The highest BCUT2D eigenvalue weighted by Gasteiger charge is 2.30. The monoisotopic (exact) mass is 303 g/mol. The fraction of sp³-hybridized carbons (Fsp3) is 0.214. The average molecular weight is 303 g/mol. The second kappa shape index (κ2) is 5.77. The van der Waals surface area contributed by atoms with Crippen LogP contribution in [0.2, 0.25) is 0 Å². The predicted molar refractivity (Wildman–Crippen MR) is 64.3 cm³/mol. The number of aromatic nitrogens is 1. The number of hydrogen-bond acceptors (Lipinski definition) is 2. The van der Waals surface area contributed by atoms with E-state index in [2.05, 4.69) is 4.98 Å². The molecule has 0 aliphatic carbocycles. The minimum absolute atomic E-state index is 0.0494. The fourth-order valence-corrected chi connectivity index (χ4v) is 1.78. The number of halogens is 5. The van der Waals surface area contributed by atoms with Gasteiger partial charge in [0.05, 0.1) is 11.3 Å². The summed E-state index contributed by atoms with van der Waals surface area (Å²) in [6.45, 7) is 0. The zero-order valence-electron chi connectivity index (χ0n) is 10.5. The zero-order valence-corrected chi connectivity index (χ0v) is 10.5. The van der Waals surface area contributed by atoms with Gasteiger partial charge in [0.25, 0.3) is 0 Å². The van der Waals surface area contributed by atoms with Crippen LogP contribution >= 0.6 is 0 Å². The molecule has 1 heterocycles. The van der Waals surface area contributed by atoms with E-state index in [4.69, 9.17) is 0 Å². The normalized spacial score (nSPS) is 13.2. The second-order valence-electron chi connectivity index (χ2n) is 4.43. The quantitative estimate of drug-likeness (QED) is 0.878. The van der Waals surface area contributed by atoms with Crippen LogP contribution in [0.5, 0.6) is 0 Å². The van der Waals surface area contributed by atoms with Crippen LogP contribution in [0.1, 0.15) is 22.9 Å². The van der Waals surface area contributed by atoms with E-state index >= 15 is 0 Å². The molecule has 0 fully saturated rings. The Kier molecular flexibility index (Phi) is 4.22. The Hall–Kier alpha value is -2.02. The third-order valence-corrected chi connectivity index (χ3v) is 2.88. The van der Waals surface area contributed by atoms with Crippen molar-refractivity contribution >= 4 is 0 Å². The van der Waals surface area contributed by atoms with Gasteiger partial charge in [-0.1, -0.05) is 0 Å². The molecule has 7 heteroatoms. The lowest BCUT2D eigenvalue weighted by atomic mass is 10.0. The molecule has 1 aromatic carbocycles. The molecule has 0 aliphatic heterocycles. The van der Waals surface area contributed by atoms with E-state index in [1.165, 1.54) is 0 Å². The Balaban J connectivity index is 2.17. The molecule has 0 spiro atoms. The number of rotatable bonds is 3. The molecular formula is C14H10F5NO. The summed E-state index contributed by atoms with van der Waals surface area (Å²) < 4.78 is 63.5. The van der Waals surface area contributed by atoms with Crippen molar-refractivity contribution in [3.63, 3.8) is 0 Å². The Labute approximate surface area is 116 Å². The number of alkyl halides is 3. The van der Waals surface area contributed by atoms with Crippen molar-refractivity contribution in [3.05, 3.63) is 65.0 Å². The van der Waals surface area contributed by atoms with Crippen LogP contribution in [0.4, 0.5) is 22.0 Å². The van der Waals surface area contributed by atoms with Crippen molar-refractivity contribution in [1.29, 1.82) is 0 Å². The van der Waals surface area contributed by atoms with Gasteiger partial charge in [-0.05, 0) is 35.9 Å². The summed E-state index contributed by atoms with van der Waals surface area (Å²) in [5.41, 5.74) is -1.08. The van der Waals surface area contributed by atoms with E-state index in [-0.39, 0.29) is 17.7 Å². The first-order valence-electron chi connectivity index (χ1n) is 5.92. The van der Waals surface area contributed by atoms with Crippen LogP contribution < -0.4 is 0 Å². The summed E-state index contributed by atoms with van der Waals surface area (Å²) in [4.78, 5) is 3.51. The Morgan fingerprint density at radius 2 is 1.81 bits per heavy atom. The Bertz CT molecular complexity index is 624. The third-order valence-electron chi connectivity index (χ3n) is 2.88. The summed E-state index contributed by atoms with van der Waals surface area (Å²) in [5, 5.41) is 9.85. The van der Waals surface area contributed by atoms with Gasteiger partial charge in [0.1, 0.15) is 17.7 Å². The van der Waals surface area contributed by atoms with Gasteiger partial charge in [0.15, 0.2) is 0 Å². The summed E-state index contributed by atoms with van der Waals surface area (Å²) in [6, 6.07) is 4.54. The number of pyridine rings is 1. The standard InChI is InChI=1S/C14H10F5NO/c15-10-2-3-11(16)8(5-10)6-13(21)12-4-1-9(7-20-12)14(17,18)19/h1-5,7,13,21H,6H2. The van der Waals surface area contributed by atoms with Gasteiger partial charge in [0.2, 0.25) is 0 Å². The van der Waals surface area contributed by atoms with Gasteiger partial charge in [-0.2, -0.15) is 13.2 Å². The zero-order chi connectivity index (χ0) is 15.6. The van der Waals surface area contributed by atoms with Gasteiger partial charge in [-0.25, -0.2) is 8.78 Å². The minimum Gasteiger partial charge on any atom is -0.386 e. The lowest BCUT2D eigenvalue weighted by molar-refractivity contribution is -0.137. The second-order valence-corrected chi connectivity index (χ2v) is 4.43. The molecule has 2 nitrogen and oxygen atoms in total. The summed E-state index contributed by atoms with van der Waals surface area (Å²) >= 11 is 0. The highest BCUT2D eigenvalue weighted by Crippen LogP contribution is 2.29. The smallest absolute Gasteiger partial charge is 0.386 e. The van der Waals surface area contributed by atoms with E-state index < -0.39 is 29.5 Å².